The fraction of sp³-hybridized carbons (Fsp3) is 0. The highest BCUT2D eigenvalue weighted by Crippen LogP contribution is 2.28. The molecule has 0 aliphatic carbocycles. The Kier molecular flexibility index (Phi) is 5.86. The van der Waals surface area contributed by atoms with Gasteiger partial charge in [0.1, 0.15) is 0 Å². The van der Waals surface area contributed by atoms with Gasteiger partial charge in [0.05, 0.1) is 7.16 Å². The Hall–Kier alpha value is -1.08. The van der Waals surface area contributed by atoms with Crippen LogP contribution in [0.2, 0.25) is 0 Å². The second-order valence-corrected chi connectivity index (χ2v) is 8.36. The van der Waals surface area contributed by atoms with Gasteiger partial charge in [0.15, 0.2) is 23.3 Å². The normalized spacial score (nSPS) is 9.91. The molecule has 0 nitrogen and oxygen atoms in total. The zero-order valence-corrected chi connectivity index (χ0v) is 15.0. The molecule has 0 bridgehead atoms. The first-order valence-electron chi connectivity index (χ1n) is 5.86. The van der Waals surface area contributed by atoms with Crippen LogP contribution in [-0.4, -0.2) is 0 Å². The summed E-state index contributed by atoms with van der Waals surface area (Å²) in [6, 6.07) is 6.77. The molecule has 0 atom stereocenters. The third-order valence-electron chi connectivity index (χ3n) is 2.65. The van der Waals surface area contributed by atoms with Crippen molar-refractivity contribution in [3.8, 4) is 11.8 Å². The first-order valence-corrected chi connectivity index (χ1v) is 8.02. The SMILES string of the molecule is Fc1ccc(C#CC(=C(I)I)c2ccc(F)c(F)c2)cc1F. The number of rotatable bonds is 1. The van der Waals surface area contributed by atoms with Crippen molar-refractivity contribution >= 4 is 50.8 Å². The van der Waals surface area contributed by atoms with Gasteiger partial charge in [-0.2, -0.15) is 0 Å². The van der Waals surface area contributed by atoms with Crippen LogP contribution in [0.25, 0.3) is 5.57 Å². The topological polar surface area (TPSA) is 0 Å². The summed E-state index contributed by atoms with van der Waals surface area (Å²) in [5.41, 5.74) is 1.17. The zero-order valence-electron chi connectivity index (χ0n) is 10.7. The zero-order chi connectivity index (χ0) is 16.3. The van der Waals surface area contributed by atoms with Crippen LogP contribution >= 0.6 is 45.2 Å². The average Bonchev–Trinajstić information content (AvgIpc) is 2.46. The summed E-state index contributed by atoms with van der Waals surface area (Å²) < 4.78 is 53.0. The van der Waals surface area contributed by atoms with Gasteiger partial charge in [-0.15, -0.1) is 0 Å². The summed E-state index contributed by atoms with van der Waals surface area (Å²) in [6.07, 6.45) is 0. The number of halogens is 6. The highest BCUT2D eigenvalue weighted by atomic mass is 127. The standard InChI is InChI=1S/C16H6F4I2/c17-12-5-2-9(7-14(12)19)1-4-11(16(21)22)10-3-6-13(18)15(20)8-10/h2-3,5-8H. The molecule has 0 heterocycles. The average molecular weight is 528 g/mol. The van der Waals surface area contributed by atoms with Crippen molar-refractivity contribution in [1.29, 1.82) is 0 Å². The van der Waals surface area contributed by atoms with Crippen molar-refractivity contribution in [1.82, 2.24) is 0 Å². The van der Waals surface area contributed by atoms with Gasteiger partial charge < -0.3 is 0 Å². The molecule has 0 fully saturated rings. The fourth-order valence-electron chi connectivity index (χ4n) is 1.59. The van der Waals surface area contributed by atoms with Crippen LogP contribution in [0, 0.1) is 35.1 Å². The molecule has 0 N–H and O–H groups in total. The summed E-state index contributed by atoms with van der Waals surface area (Å²) in [5.74, 6) is 1.61. The van der Waals surface area contributed by atoms with Gasteiger partial charge in [-0.05, 0) is 81.1 Å². The number of benzene rings is 2. The lowest BCUT2D eigenvalue weighted by atomic mass is 10.1. The van der Waals surface area contributed by atoms with Gasteiger partial charge in [-0.1, -0.05) is 17.9 Å². The van der Waals surface area contributed by atoms with Crippen molar-refractivity contribution in [3.05, 3.63) is 72.4 Å². The van der Waals surface area contributed by atoms with Crippen LogP contribution in [0.5, 0.6) is 0 Å². The predicted octanol–water partition coefficient (Wildman–Crippen LogP) is 5.83. The van der Waals surface area contributed by atoms with E-state index in [0.29, 0.717) is 11.1 Å². The predicted molar refractivity (Wildman–Crippen MR) is 94.6 cm³/mol. The molecule has 22 heavy (non-hydrogen) atoms. The number of allylic oxidation sites excluding steroid dienone is 1. The van der Waals surface area contributed by atoms with Gasteiger partial charge >= 0.3 is 0 Å². The molecule has 112 valence electrons. The Bertz CT molecular complexity index is 813. The molecule has 2 rings (SSSR count). The van der Waals surface area contributed by atoms with Gasteiger partial charge in [-0.25, -0.2) is 17.6 Å². The second-order valence-electron chi connectivity index (χ2n) is 4.14. The molecule has 6 heteroatoms. The summed E-state index contributed by atoms with van der Waals surface area (Å²) in [4.78, 5) is 0. The molecular weight excluding hydrogens is 522 g/mol. The van der Waals surface area contributed by atoms with E-state index in [2.05, 4.69) is 11.8 Å². The van der Waals surface area contributed by atoms with E-state index >= 15 is 0 Å². The molecule has 0 aliphatic rings. The minimum absolute atomic E-state index is 0.285. The summed E-state index contributed by atoms with van der Waals surface area (Å²) in [6.45, 7) is 0. The molecule has 0 saturated carbocycles. The smallest absolute Gasteiger partial charge is 0.160 e. The van der Waals surface area contributed by atoms with Crippen LogP contribution < -0.4 is 0 Å². The maximum Gasteiger partial charge on any atom is 0.160 e. The van der Waals surface area contributed by atoms with Crippen LogP contribution in [-0.2, 0) is 0 Å². The Morgan fingerprint density at radius 3 is 1.91 bits per heavy atom. The largest absolute Gasteiger partial charge is 0.204 e. The highest BCUT2D eigenvalue weighted by molar-refractivity contribution is 14.2. The van der Waals surface area contributed by atoms with Crippen molar-refractivity contribution < 1.29 is 17.6 Å². The van der Waals surface area contributed by atoms with E-state index in [-0.39, 0.29) is 5.56 Å². The van der Waals surface area contributed by atoms with Crippen LogP contribution in [0.3, 0.4) is 0 Å². The van der Waals surface area contributed by atoms with Crippen molar-refractivity contribution in [2.45, 2.75) is 0 Å². The summed E-state index contributed by atoms with van der Waals surface area (Å²) >= 11 is 3.99. The van der Waals surface area contributed by atoms with E-state index in [4.69, 9.17) is 0 Å². The Labute approximate surface area is 151 Å². The highest BCUT2D eigenvalue weighted by Gasteiger charge is 2.08. The molecule has 0 spiro atoms. The lowest BCUT2D eigenvalue weighted by molar-refractivity contribution is 0.508. The van der Waals surface area contributed by atoms with Crippen LogP contribution in [0.4, 0.5) is 17.6 Å². The lowest BCUT2D eigenvalue weighted by Gasteiger charge is -2.02. The fourth-order valence-corrected chi connectivity index (χ4v) is 2.48. The number of hydrogen-bond donors (Lipinski definition) is 0. The maximum absolute atomic E-state index is 13.3. The third-order valence-corrected chi connectivity index (χ3v) is 3.73. The first-order chi connectivity index (χ1) is 10.4. The Morgan fingerprint density at radius 1 is 0.773 bits per heavy atom. The molecule has 0 aliphatic heterocycles. The van der Waals surface area contributed by atoms with Gasteiger partial charge in [0.25, 0.3) is 0 Å². The minimum atomic E-state index is -0.991. The van der Waals surface area contributed by atoms with Gasteiger partial charge in [-0.3, -0.25) is 0 Å². The quantitative estimate of drug-likeness (QED) is 0.248. The van der Waals surface area contributed by atoms with Crippen molar-refractivity contribution in [2.24, 2.45) is 0 Å². The van der Waals surface area contributed by atoms with E-state index < -0.39 is 23.3 Å². The van der Waals surface area contributed by atoms with Gasteiger partial charge in [0.2, 0.25) is 0 Å². The van der Waals surface area contributed by atoms with Crippen LogP contribution in [0.15, 0.2) is 38.0 Å². The first kappa shape index (κ1) is 17.3. The van der Waals surface area contributed by atoms with E-state index in [1.807, 2.05) is 45.2 Å². The molecule has 2 aromatic carbocycles. The van der Waals surface area contributed by atoms with Crippen molar-refractivity contribution in [3.63, 3.8) is 0 Å². The summed E-state index contributed by atoms with van der Waals surface area (Å²) in [7, 11) is 0. The molecule has 0 saturated heterocycles. The molecule has 0 aromatic heterocycles. The number of hydrogen-bond acceptors (Lipinski definition) is 0. The Balaban J connectivity index is 2.43. The van der Waals surface area contributed by atoms with E-state index in [1.54, 1.807) is 0 Å². The van der Waals surface area contributed by atoms with E-state index in [1.165, 1.54) is 12.1 Å². The lowest BCUT2D eigenvalue weighted by Crippen LogP contribution is -1.89. The molecule has 0 radical (unpaired) electrons. The molecule has 0 unspecified atom stereocenters. The van der Waals surface area contributed by atoms with E-state index in [0.717, 1.165) is 25.9 Å². The second kappa shape index (κ2) is 7.46. The molecular formula is C16H6F4I2. The van der Waals surface area contributed by atoms with Gasteiger partial charge in [0, 0.05) is 5.56 Å². The van der Waals surface area contributed by atoms with Crippen molar-refractivity contribution in [2.75, 3.05) is 0 Å². The molecule has 2 aromatic rings. The molecule has 0 amide bonds. The monoisotopic (exact) mass is 528 g/mol. The third kappa shape index (κ3) is 4.23. The summed E-state index contributed by atoms with van der Waals surface area (Å²) in [5, 5.41) is 0. The van der Waals surface area contributed by atoms with E-state index in [9.17, 15) is 17.6 Å². The van der Waals surface area contributed by atoms with Crippen LogP contribution in [0.1, 0.15) is 11.1 Å². The minimum Gasteiger partial charge on any atom is -0.204 e. The maximum atomic E-state index is 13.3. The Morgan fingerprint density at radius 2 is 1.36 bits per heavy atom.